The number of thioether (sulfide) groups is 1. The standard InChI is InChI=1S/C22H15Cl2NO3S/c1-13-17(24)5-2-6-18(13)25-21(26)19(14-7-9-15(23)10-8-14)20(22(25)27)29-12-16-4-3-11-28-16/h2-11H,12H2,1H3. The van der Waals surface area contributed by atoms with Crippen LogP contribution in [0.1, 0.15) is 16.9 Å². The van der Waals surface area contributed by atoms with E-state index in [2.05, 4.69) is 0 Å². The summed E-state index contributed by atoms with van der Waals surface area (Å²) in [5, 5.41) is 1.05. The van der Waals surface area contributed by atoms with Crippen LogP contribution in [0.2, 0.25) is 10.0 Å². The molecule has 3 aromatic rings. The van der Waals surface area contributed by atoms with Gasteiger partial charge in [0, 0.05) is 10.0 Å². The number of nitrogens with zero attached hydrogens (tertiary/aromatic N) is 1. The van der Waals surface area contributed by atoms with Crippen molar-refractivity contribution >= 4 is 58.0 Å². The average molecular weight is 444 g/mol. The van der Waals surface area contributed by atoms with E-state index in [0.717, 1.165) is 5.76 Å². The average Bonchev–Trinajstić information content (AvgIpc) is 3.30. The van der Waals surface area contributed by atoms with Crippen LogP contribution in [-0.2, 0) is 15.3 Å². The molecule has 146 valence electrons. The number of anilines is 1. The van der Waals surface area contributed by atoms with Gasteiger partial charge in [0.05, 0.1) is 28.2 Å². The molecule has 2 heterocycles. The fraction of sp³-hybridized carbons (Fsp3) is 0.0909. The maximum absolute atomic E-state index is 13.4. The summed E-state index contributed by atoms with van der Waals surface area (Å²) in [7, 11) is 0. The second kappa shape index (κ2) is 8.11. The lowest BCUT2D eigenvalue weighted by molar-refractivity contribution is -0.119. The lowest BCUT2D eigenvalue weighted by Gasteiger charge is -2.18. The summed E-state index contributed by atoms with van der Waals surface area (Å²) >= 11 is 13.5. The zero-order valence-electron chi connectivity index (χ0n) is 15.3. The van der Waals surface area contributed by atoms with Gasteiger partial charge in [-0.1, -0.05) is 41.4 Å². The highest BCUT2D eigenvalue weighted by molar-refractivity contribution is 8.03. The number of carbonyl (C=O) groups excluding carboxylic acids is 2. The Balaban J connectivity index is 1.78. The van der Waals surface area contributed by atoms with Crippen LogP contribution in [0.4, 0.5) is 5.69 Å². The van der Waals surface area contributed by atoms with E-state index in [0.29, 0.717) is 43.1 Å². The number of hydrogen-bond acceptors (Lipinski definition) is 4. The third-order valence-corrected chi connectivity index (χ3v) is 6.35. The van der Waals surface area contributed by atoms with E-state index in [1.165, 1.54) is 16.7 Å². The van der Waals surface area contributed by atoms with Crippen LogP contribution in [0, 0.1) is 6.92 Å². The van der Waals surface area contributed by atoms with Crippen molar-refractivity contribution in [2.24, 2.45) is 0 Å². The molecule has 0 radical (unpaired) electrons. The monoisotopic (exact) mass is 443 g/mol. The zero-order valence-corrected chi connectivity index (χ0v) is 17.6. The van der Waals surface area contributed by atoms with E-state index in [4.69, 9.17) is 27.6 Å². The lowest BCUT2D eigenvalue weighted by atomic mass is 10.1. The Labute approximate surface area is 182 Å². The van der Waals surface area contributed by atoms with Crippen LogP contribution in [-0.4, -0.2) is 11.8 Å². The molecule has 1 aliphatic rings. The van der Waals surface area contributed by atoms with Gasteiger partial charge in [-0.2, -0.15) is 0 Å². The van der Waals surface area contributed by atoms with Gasteiger partial charge in [0.25, 0.3) is 11.8 Å². The molecule has 0 spiro atoms. The summed E-state index contributed by atoms with van der Waals surface area (Å²) in [5.41, 5.74) is 2.13. The number of amides is 2. The van der Waals surface area contributed by atoms with Gasteiger partial charge < -0.3 is 4.42 Å². The first-order valence-corrected chi connectivity index (χ1v) is 10.5. The maximum Gasteiger partial charge on any atom is 0.272 e. The summed E-state index contributed by atoms with van der Waals surface area (Å²) in [5.74, 6) is 0.392. The molecule has 2 amide bonds. The van der Waals surface area contributed by atoms with Crippen molar-refractivity contribution in [1.29, 1.82) is 0 Å². The summed E-state index contributed by atoms with van der Waals surface area (Å²) in [6.07, 6.45) is 1.58. The number of halogens is 2. The van der Waals surface area contributed by atoms with E-state index >= 15 is 0 Å². The summed E-state index contributed by atoms with van der Waals surface area (Å²) in [6.45, 7) is 1.79. The van der Waals surface area contributed by atoms with Crippen LogP contribution >= 0.6 is 35.0 Å². The quantitative estimate of drug-likeness (QED) is 0.446. The van der Waals surface area contributed by atoms with E-state index in [-0.39, 0.29) is 11.8 Å². The molecule has 0 unspecified atom stereocenters. The molecule has 7 heteroatoms. The minimum Gasteiger partial charge on any atom is -0.468 e. The third-order valence-electron chi connectivity index (χ3n) is 4.59. The van der Waals surface area contributed by atoms with Crippen LogP contribution in [0.5, 0.6) is 0 Å². The number of carbonyl (C=O) groups is 2. The fourth-order valence-corrected chi connectivity index (χ4v) is 4.42. The van der Waals surface area contributed by atoms with Gasteiger partial charge in [0.15, 0.2) is 0 Å². The molecule has 0 aliphatic carbocycles. The topological polar surface area (TPSA) is 50.5 Å². The predicted molar refractivity (Wildman–Crippen MR) is 117 cm³/mol. The van der Waals surface area contributed by atoms with Crippen LogP contribution in [0.3, 0.4) is 0 Å². The van der Waals surface area contributed by atoms with Crippen molar-refractivity contribution in [3.05, 3.63) is 92.7 Å². The second-order valence-corrected chi connectivity index (χ2v) is 8.24. The number of imide groups is 1. The van der Waals surface area contributed by atoms with Gasteiger partial charge >= 0.3 is 0 Å². The minimum absolute atomic E-state index is 0.350. The van der Waals surface area contributed by atoms with Crippen molar-refractivity contribution in [3.63, 3.8) is 0 Å². The number of furan rings is 1. The Bertz CT molecular complexity index is 1120. The van der Waals surface area contributed by atoms with E-state index in [1.807, 2.05) is 6.07 Å². The molecule has 0 saturated heterocycles. The summed E-state index contributed by atoms with van der Waals surface area (Å²) in [6, 6.07) is 15.7. The van der Waals surface area contributed by atoms with Crippen molar-refractivity contribution in [2.75, 3.05) is 4.90 Å². The smallest absolute Gasteiger partial charge is 0.272 e. The van der Waals surface area contributed by atoms with Crippen molar-refractivity contribution in [1.82, 2.24) is 0 Å². The summed E-state index contributed by atoms with van der Waals surface area (Å²) < 4.78 is 5.37. The van der Waals surface area contributed by atoms with Crippen molar-refractivity contribution in [2.45, 2.75) is 12.7 Å². The molecule has 4 nitrogen and oxygen atoms in total. The zero-order chi connectivity index (χ0) is 20.5. The maximum atomic E-state index is 13.4. The van der Waals surface area contributed by atoms with Crippen molar-refractivity contribution < 1.29 is 14.0 Å². The van der Waals surface area contributed by atoms with Crippen LogP contribution in [0.15, 0.2) is 70.2 Å². The molecule has 0 fully saturated rings. The molecule has 4 rings (SSSR count). The molecule has 0 bridgehead atoms. The Morgan fingerprint density at radius 2 is 1.72 bits per heavy atom. The molecule has 0 saturated carbocycles. The minimum atomic E-state index is -0.385. The molecular weight excluding hydrogens is 429 g/mol. The Kier molecular flexibility index (Phi) is 5.54. The molecule has 0 atom stereocenters. The second-order valence-electron chi connectivity index (χ2n) is 6.41. The van der Waals surface area contributed by atoms with Gasteiger partial charge in [-0.3, -0.25) is 9.59 Å². The molecule has 2 aromatic carbocycles. The highest BCUT2D eigenvalue weighted by Crippen LogP contribution is 2.41. The summed E-state index contributed by atoms with van der Waals surface area (Å²) in [4.78, 5) is 28.2. The first-order chi connectivity index (χ1) is 14.0. The normalized spacial score (nSPS) is 14.2. The van der Waals surface area contributed by atoms with Gasteiger partial charge in [-0.05, 0) is 54.4 Å². The van der Waals surface area contributed by atoms with Crippen molar-refractivity contribution in [3.8, 4) is 0 Å². The van der Waals surface area contributed by atoms with E-state index < -0.39 is 0 Å². The lowest BCUT2D eigenvalue weighted by Crippen LogP contribution is -2.32. The van der Waals surface area contributed by atoms with E-state index in [1.54, 1.807) is 61.7 Å². The van der Waals surface area contributed by atoms with Crippen LogP contribution < -0.4 is 4.90 Å². The fourth-order valence-electron chi connectivity index (χ4n) is 3.11. The number of benzene rings is 2. The Hall–Kier alpha value is -2.47. The molecule has 0 N–H and O–H groups in total. The molecule has 29 heavy (non-hydrogen) atoms. The van der Waals surface area contributed by atoms with Crippen LogP contribution in [0.25, 0.3) is 5.57 Å². The molecule has 1 aliphatic heterocycles. The van der Waals surface area contributed by atoms with E-state index in [9.17, 15) is 9.59 Å². The molecular formula is C22H15Cl2NO3S. The number of hydrogen-bond donors (Lipinski definition) is 0. The van der Waals surface area contributed by atoms with Gasteiger partial charge in [0.2, 0.25) is 0 Å². The first kappa shape index (κ1) is 19.8. The number of rotatable bonds is 5. The van der Waals surface area contributed by atoms with Gasteiger partial charge in [-0.25, -0.2) is 4.90 Å². The SMILES string of the molecule is Cc1c(Cl)cccc1N1C(=O)C(SCc2ccco2)=C(c2ccc(Cl)cc2)C1=O. The highest BCUT2D eigenvalue weighted by Gasteiger charge is 2.41. The highest BCUT2D eigenvalue weighted by atomic mass is 35.5. The first-order valence-electron chi connectivity index (χ1n) is 8.76. The van der Waals surface area contributed by atoms with Gasteiger partial charge in [-0.15, -0.1) is 11.8 Å². The largest absolute Gasteiger partial charge is 0.468 e. The Morgan fingerprint density at radius 1 is 0.966 bits per heavy atom. The Morgan fingerprint density at radius 3 is 2.41 bits per heavy atom. The molecule has 1 aromatic heterocycles. The predicted octanol–water partition coefficient (Wildman–Crippen LogP) is 6.11. The van der Waals surface area contributed by atoms with Gasteiger partial charge in [0.1, 0.15) is 5.76 Å². The third kappa shape index (κ3) is 3.73.